The summed E-state index contributed by atoms with van der Waals surface area (Å²) in [5.41, 5.74) is 0. The van der Waals surface area contributed by atoms with Crippen molar-refractivity contribution in [3.63, 3.8) is 0 Å². The Balaban J connectivity index is 1.32. The first-order valence-electron chi connectivity index (χ1n) is 9.91. The minimum absolute atomic E-state index is 0.312. The Bertz CT molecular complexity index is 325. The zero-order valence-electron chi connectivity index (χ0n) is 15.2. The van der Waals surface area contributed by atoms with E-state index >= 15 is 0 Å². The number of unbranched alkanes of at least 4 members (excludes halogenated alkanes) is 7. The standard InChI is InChI=1S/C19H35NO4/c21-19(20-11-13-22-14-12-20)10-8-6-4-2-1-3-5-7-9-18-17-23-15-16-24-18/h18H,1-17H2/t18-/m1/s1. The van der Waals surface area contributed by atoms with Gasteiger partial charge in [-0.15, -0.1) is 0 Å². The molecule has 0 bridgehead atoms. The Morgan fingerprint density at radius 1 is 0.792 bits per heavy atom. The molecule has 5 nitrogen and oxygen atoms in total. The van der Waals surface area contributed by atoms with Crippen LogP contribution in [-0.2, 0) is 19.0 Å². The summed E-state index contributed by atoms with van der Waals surface area (Å²) < 4.78 is 16.3. The third-order valence-electron chi connectivity index (χ3n) is 4.92. The van der Waals surface area contributed by atoms with E-state index in [0.717, 1.165) is 45.8 Å². The summed E-state index contributed by atoms with van der Waals surface area (Å²) in [6.07, 6.45) is 12.2. The summed E-state index contributed by atoms with van der Waals surface area (Å²) in [6.45, 7) is 5.25. The van der Waals surface area contributed by atoms with Crippen LogP contribution < -0.4 is 0 Å². The monoisotopic (exact) mass is 341 g/mol. The van der Waals surface area contributed by atoms with E-state index < -0.39 is 0 Å². The molecule has 2 rings (SSSR count). The molecule has 0 saturated carbocycles. The maximum absolute atomic E-state index is 12.0. The third-order valence-corrected chi connectivity index (χ3v) is 4.92. The summed E-state index contributed by atoms with van der Waals surface area (Å²) in [6, 6.07) is 0. The summed E-state index contributed by atoms with van der Waals surface area (Å²) in [5, 5.41) is 0. The Morgan fingerprint density at radius 3 is 2.12 bits per heavy atom. The van der Waals surface area contributed by atoms with Crippen LogP contribution in [0.5, 0.6) is 0 Å². The molecule has 0 aromatic heterocycles. The highest BCUT2D eigenvalue weighted by Crippen LogP contribution is 2.14. The maximum Gasteiger partial charge on any atom is 0.222 e. The molecule has 24 heavy (non-hydrogen) atoms. The molecular formula is C19H35NO4. The van der Waals surface area contributed by atoms with E-state index in [-0.39, 0.29) is 0 Å². The van der Waals surface area contributed by atoms with Crippen LogP contribution in [0, 0.1) is 0 Å². The molecule has 0 aliphatic carbocycles. The van der Waals surface area contributed by atoms with Crippen molar-refractivity contribution in [2.24, 2.45) is 0 Å². The largest absolute Gasteiger partial charge is 0.378 e. The Kier molecular flexibility index (Phi) is 10.4. The van der Waals surface area contributed by atoms with Gasteiger partial charge in [-0.05, 0) is 12.8 Å². The first-order valence-corrected chi connectivity index (χ1v) is 9.91. The molecule has 0 spiro atoms. The SMILES string of the molecule is O=C(CCCCCCCCCC[C@@H]1COCCO1)N1CCOCC1. The lowest BCUT2D eigenvalue weighted by atomic mass is 10.0. The summed E-state index contributed by atoms with van der Waals surface area (Å²) in [5.74, 6) is 0.312. The number of rotatable bonds is 11. The van der Waals surface area contributed by atoms with Crippen LogP contribution in [0.1, 0.15) is 64.2 Å². The Morgan fingerprint density at radius 2 is 1.46 bits per heavy atom. The minimum atomic E-state index is 0.312. The molecule has 0 aromatic rings. The quantitative estimate of drug-likeness (QED) is 0.542. The third kappa shape index (κ3) is 8.45. The fourth-order valence-corrected chi connectivity index (χ4v) is 3.38. The van der Waals surface area contributed by atoms with Crippen molar-refractivity contribution in [3.8, 4) is 0 Å². The first-order chi connectivity index (χ1) is 11.9. The lowest BCUT2D eigenvalue weighted by Gasteiger charge is -2.26. The smallest absolute Gasteiger partial charge is 0.222 e. The van der Waals surface area contributed by atoms with E-state index in [4.69, 9.17) is 14.2 Å². The predicted molar refractivity (Wildman–Crippen MR) is 94.1 cm³/mol. The van der Waals surface area contributed by atoms with Gasteiger partial charge in [-0.1, -0.05) is 44.9 Å². The van der Waals surface area contributed by atoms with E-state index in [1.54, 1.807) is 0 Å². The highest BCUT2D eigenvalue weighted by Gasteiger charge is 2.16. The number of amides is 1. The number of nitrogens with zero attached hydrogens (tertiary/aromatic N) is 1. The zero-order valence-corrected chi connectivity index (χ0v) is 15.2. The van der Waals surface area contributed by atoms with Gasteiger partial charge in [0.2, 0.25) is 5.91 Å². The lowest BCUT2D eigenvalue weighted by Crippen LogP contribution is -2.40. The van der Waals surface area contributed by atoms with E-state index in [2.05, 4.69) is 0 Å². The molecule has 1 amide bonds. The molecule has 2 aliphatic rings. The number of hydrogen-bond donors (Lipinski definition) is 0. The van der Waals surface area contributed by atoms with Crippen LogP contribution >= 0.6 is 0 Å². The topological polar surface area (TPSA) is 48.0 Å². The first kappa shape index (κ1) is 19.7. The van der Waals surface area contributed by atoms with Crippen LogP contribution in [0.25, 0.3) is 0 Å². The molecule has 0 radical (unpaired) electrons. The molecule has 2 fully saturated rings. The fourth-order valence-electron chi connectivity index (χ4n) is 3.38. The fraction of sp³-hybridized carbons (Fsp3) is 0.947. The predicted octanol–water partition coefficient (Wildman–Crippen LogP) is 3.16. The average molecular weight is 341 g/mol. The van der Waals surface area contributed by atoms with Crippen LogP contribution in [0.15, 0.2) is 0 Å². The van der Waals surface area contributed by atoms with E-state index in [1.165, 1.54) is 44.9 Å². The van der Waals surface area contributed by atoms with Gasteiger partial charge in [-0.25, -0.2) is 0 Å². The second-order valence-corrected chi connectivity index (χ2v) is 6.93. The normalized spacial score (nSPS) is 21.8. The number of hydrogen-bond acceptors (Lipinski definition) is 4. The van der Waals surface area contributed by atoms with E-state index in [1.807, 2.05) is 4.90 Å². The minimum Gasteiger partial charge on any atom is -0.378 e. The summed E-state index contributed by atoms with van der Waals surface area (Å²) >= 11 is 0. The maximum atomic E-state index is 12.0. The molecule has 0 unspecified atom stereocenters. The summed E-state index contributed by atoms with van der Waals surface area (Å²) in [7, 11) is 0. The Labute approximate surface area is 147 Å². The van der Waals surface area contributed by atoms with E-state index in [9.17, 15) is 4.79 Å². The van der Waals surface area contributed by atoms with Crippen molar-refractivity contribution in [2.75, 3.05) is 46.1 Å². The van der Waals surface area contributed by atoms with Crippen LogP contribution in [0.3, 0.4) is 0 Å². The van der Waals surface area contributed by atoms with Crippen molar-refractivity contribution < 1.29 is 19.0 Å². The van der Waals surface area contributed by atoms with Gasteiger partial charge in [0.25, 0.3) is 0 Å². The van der Waals surface area contributed by atoms with Crippen molar-refractivity contribution >= 4 is 5.91 Å². The molecule has 5 heteroatoms. The number of carbonyl (C=O) groups excluding carboxylic acids is 1. The van der Waals surface area contributed by atoms with Gasteiger partial charge in [-0.2, -0.15) is 0 Å². The lowest BCUT2D eigenvalue weighted by molar-refractivity contribution is -0.135. The van der Waals surface area contributed by atoms with Gasteiger partial charge in [-0.3, -0.25) is 4.79 Å². The summed E-state index contributed by atoms with van der Waals surface area (Å²) in [4.78, 5) is 13.9. The molecule has 0 N–H and O–H groups in total. The average Bonchev–Trinajstić information content (AvgIpc) is 2.64. The second kappa shape index (κ2) is 12.7. The molecule has 0 aromatic carbocycles. The van der Waals surface area contributed by atoms with E-state index in [0.29, 0.717) is 31.6 Å². The van der Waals surface area contributed by atoms with Crippen LogP contribution in [0.4, 0.5) is 0 Å². The van der Waals surface area contributed by atoms with Gasteiger partial charge in [0.1, 0.15) is 0 Å². The number of morpholine rings is 1. The van der Waals surface area contributed by atoms with Gasteiger partial charge in [0.05, 0.1) is 39.1 Å². The van der Waals surface area contributed by atoms with Crippen molar-refractivity contribution in [2.45, 2.75) is 70.3 Å². The van der Waals surface area contributed by atoms with Gasteiger partial charge in [0.15, 0.2) is 0 Å². The highest BCUT2D eigenvalue weighted by molar-refractivity contribution is 5.76. The Hall–Kier alpha value is -0.650. The molecule has 1 atom stereocenters. The second-order valence-electron chi connectivity index (χ2n) is 6.93. The molecule has 2 aliphatic heterocycles. The molecule has 2 heterocycles. The van der Waals surface area contributed by atoms with Crippen molar-refractivity contribution in [1.29, 1.82) is 0 Å². The molecular weight excluding hydrogens is 306 g/mol. The van der Waals surface area contributed by atoms with Crippen molar-refractivity contribution in [1.82, 2.24) is 4.90 Å². The number of carbonyl (C=O) groups is 1. The van der Waals surface area contributed by atoms with Gasteiger partial charge < -0.3 is 19.1 Å². The molecule has 140 valence electrons. The van der Waals surface area contributed by atoms with Crippen LogP contribution in [0.2, 0.25) is 0 Å². The van der Waals surface area contributed by atoms with Crippen LogP contribution in [-0.4, -0.2) is 63.0 Å². The molecule has 2 saturated heterocycles. The van der Waals surface area contributed by atoms with Crippen molar-refractivity contribution in [3.05, 3.63) is 0 Å². The highest BCUT2D eigenvalue weighted by atomic mass is 16.6. The van der Waals surface area contributed by atoms with Gasteiger partial charge >= 0.3 is 0 Å². The zero-order chi connectivity index (χ0) is 16.9. The number of ether oxygens (including phenoxy) is 3. The van der Waals surface area contributed by atoms with Gasteiger partial charge in [0, 0.05) is 19.5 Å².